The third-order valence-corrected chi connectivity index (χ3v) is 2.61. The van der Waals surface area contributed by atoms with Crippen LogP contribution < -0.4 is 10.5 Å². The molecule has 0 saturated carbocycles. The maximum Gasteiger partial charge on any atom is 0.159 e. The van der Waals surface area contributed by atoms with Crippen LogP contribution in [0.25, 0.3) is 0 Å². The highest BCUT2D eigenvalue weighted by Crippen LogP contribution is 2.22. The molecule has 5 nitrogen and oxygen atoms in total. The number of ether oxygens (including phenoxy) is 3. The molecule has 0 aromatic carbocycles. The second-order valence-corrected chi connectivity index (χ2v) is 3.90. The number of aromatic nitrogens is 1. The van der Waals surface area contributed by atoms with Crippen molar-refractivity contribution in [2.24, 2.45) is 5.73 Å². The summed E-state index contributed by atoms with van der Waals surface area (Å²) >= 11 is 0. The molecular formula is C12H18N2O3. The predicted molar refractivity (Wildman–Crippen MR) is 62.6 cm³/mol. The average Bonchev–Trinajstić information content (AvgIpc) is 2.83. The molecule has 1 aromatic heterocycles. The highest BCUT2D eigenvalue weighted by Gasteiger charge is 2.20. The lowest BCUT2D eigenvalue weighted by molar-refractivity contribution is -0.0507. The minimum absolute atomic E-state index is 0.147. The van der Waals surface area contributed by atoms with Crippen LogP contribution in [0.4, 0.5) is 0 Å². The molecule has 0 bridgehead atoms. The number of hydrogen-bond donors (Lipinski definition) is 1. The summed E-state index contributed by atoms with van der Waals surface area (Å²) in [5.74, 6) is 0.744. The summed E-state index contributed by atoms with van der Waals surface area (Å²) in [4.78, 5) is 4.11. The molecule has 0 amide bonds. The van der Waals surface area contributed by atoms with Crippen molar-refractivity contribution in [3.63, 3.8) is 0 Å². The Bertz CT molecular complexity index is 353. The van der Waals surface area contributed by atoms with Gasteiger partial charge in [-0.3, -0.25) is 4.98 Å². The number of nitrogens with two attached hydrogens (primary N) is 1. The Morgan fingerprint density at radius 1 is 1.47 bits per heavy atom. The Morgan fingerprint density at radius 3 is 2.94 bits per heavy atom. The monoisotopic (exact) mass is 238 g/mol. The van der Waals surface area contributed by atoms with E-state index in [1.54, 1.807) is 12.4 Å². The zero-order valence-electron chi connectivity index (χ0n) is 9.96. The van der Waals surface area contributed by atoms with Gasteiger partial charge in [0.25, 0.3) is 0 Å². The van der Waals surface area contributed by atoms with Gasteiger partial charge in [0.15, 0.2) is 6.29 Å². The first-order chi connectivity index (χ1) is 8.29. The van der Waals surface area contributed by atoms with Crippen molar-refractivity contribution in [3.8, 4) is 5.75 Å². The van der Waals surface area contributed by atoms with Gasteiger partial charge in [0.2, 0.25) is 0 Å². The Hall–Kier alpha value is -1.17. The molecule has 1 aliphatic heterocycles. The van der Waals surface area contributed by atoms with Crippen LogP contribution in [0.15, 0.2) is 18.5 Å². The van der Waals surface area contributed by atoms with E-state index in [1.165, 1.54) is 0 Å². The van der Waals surface area contributed by atoms with E-state index in [0.717, 1.165) is 11.3 Å². The molecule has 0 aliphatic carbocycles. The van der Waals surface area contributed by atoms with Gasteiger partial charge in [-0.05, 0) is 18.6 Å². The maximum absolute atomic E-state index is 6.08. The predicted octanol–water partition coefficient (Wildman–Crippen LogP) is 1.24. The smallest absolute Gasteiger partial charge is 0.159 e. The molecule has 1 atom stereocenters. The molecule has 2 N–H and O–H groups in total. The van der Waals surface area contributed by atoms with Crippen molar-refractivity contribution in [2.45, 2.75) is 25.7 Å². The highest BCUT2D eigenvalue weighted by atomic mass is 16.7. The highest BCUT2D eigenvalue weighted by molar-refractivity contribution is 5.25. The van der Waals surface area contributed by atoms with Crippen LogP contribution in [0.3, 0.4) is 0 Å². The Morgan fingerprint density at radius 2 is 2.24 bits per heavy atom. The molecule has 5 heteroatoms. The van der Waals surface area contributed by atoms with E-state index in [4.69, 9.17) is 19.9 Å². The molecule has 2 heterocycles. The molecule has 0 radical (unpaired) electrons. The first-order valence-corrected chi connectivity index (χ1v) is 5.86. The van der Waals surface area contributed by atoms with Crippen LogP contribution in [-0.4, -0.2) is 31.1 Å². The lowest BCUT2D eigenvalue weighted by Gasteiger charge is -2.16. The minimum Gasteiger partial charge on any atom is -0.492 e. The van der Waals surface area contributed by atoms with Crippen LogP contribution in [0, 0.1) is 0 Å². The summed E-state index contributed by atoms with van der Waals surface area (Å²) < 4.78 is 16.1. The second-order valence-electron chi connectivity index (χ2n) is 3.90. The standard InChI is InChI=1S/C12H18N2O3/c1-2-15-10-5-9(7-14-8-10)11(13)6-12-16-3-4-17-12/h5,7-8,11-12H,2-4,6,13H2,1H3. The molecule has 2 rings (SSSR count). The lowest BCUT2D eigenvalue weighted by atomic mass is 10.1. The number of nitrogens with zero attached hydrogens (tertiary/aromatic N) is 1. The number of pyridine rings is 1. The molecule has 1 unspecified atom stereocenters. The largest absolute Gasteiger partial charge is 0.492 e. The Kier molecular flexibility index (Phi) is 4.30. The Labute approximate surface area is 101 Å². The van der Waals surface area contributed by atoms with E-state index < -0.39 is 0 Å². The molecule has 94 valence electrons. The van der Waals surface area contributed by atoms with E-state index in [0.29, 0.717) is 26.2 Å². The molecule has 17 heavy (non-hydrogen) atoms. The van der Waals surface area contributed by atoms with E-state index in [2.05, 4.69) is 4.98 Å². The van der Waals surface area contributed by atoms with Gasteiger partial charge in [-0.15, -0.1) is 0 Å². The van der Waals surface area contributed by atoms with Crippen molar-refractivity contribution >= 4 is 0 Å². The maximum atomic E-state index is 6.08. The van der Waals surface area contributed by atoms with Crippen LogP contribution in [-0.2, 0) is 9.47 Å². The van der Waals surface area contributed by atoms with Crippen molar-refractivity contribution < 1.29 is 14.2 Å². The van der Waals surface area contributed by atoms with Gasteiger partial charge >= 0.3 is 0 Å². The lowest BCUT2D eigenvalue weighted by Crippen LogP contribution is -2.19. The van der Waals surface area contributed by atoms with Crippen molar-refractivity contribution in [2.75, 3.05) is 19.8 Å². The van der Waals surface area contributed by atoms with E-state index in [1.807, 2.05) is 13.0 Å². The summed E-state index contributed by atoms with van der Waals surface area (Å²) in [6, 6.07) is 1.77. The summed E-state index contributed by atoms with van der Waals surface area (Å²) in [5, 5.41) is 0. The molecule has 1 aromatic rings. The first kappa shape index (κ1) is 12.3. The SMILES string of the molecule is CCOc1cncc(C(N)CC2OCCO2)c1. The van der Waals surface area contributed by atoms with E-state index >= 15 is 0 Å². The van der Waals surface area contributed by atoms with E-state index in [-0.39, 0.29) is 12.3 Å². The zero-order valence-corrected chi connectivity index (χ0v) is 9.96. The second kappa shape index (κ2) is 5.95. The first-order valence-electron chi connectivity index (χ1n) is 5.86. The van der Waals surface area contributed by atoms with Crippen LogP contribution in [0.1, 0.15) is 24.9 Å². The van der Waals surface area contributed by atoms with Crippen molar-refractivity contribution in [1.82, 2.24) is 4.98 Å². The quantitative estimate of drug-likeness (QED) is 0.836. The zero-order chi connectivity index (χ0) is 12.1. The summed E-state index contributed by atoms with van der Waals surface area (Å²) in [6.07, 6.45) is 3.88. The molecule has 1 saturated heterocycles. The van der Waals surface area contributed by atoms with Gasteiger partial charge in [0.05, 0.1) is 26.0 Å². The Balaban J connectivity index is 1.97. The van der Waals surface area contributed by atoms with Gasteiger partial charge in [-0.1, -0.05) is 0 Å². The third-order valence-electron chi connectivity index (χ3n) is 2.61. The van der Waals surface area contributed by atoms with Gasteiger partial charge in [0.1, 0.15) is 5.75 Å². The van der Waals surface area contributed by atoms with Crippen molar-refractivity contribution in [1.29, 1.82) is 0 Å². The summed E-state index contributed by atoms with van der Waals surface area (Å²) in [7, 11) is 0. The third kappa shape index (κ3) is 3.39. The van der Waals surface area contributed by atoms with Crippen LogP contribution in [0.2, 0.25) is 0 Å². The average molecular weight is 238 g/mol. The summed E-state index contributed by atoms with van der Waals surface area (Å²) in [6.45, 7) is 3.85. The summed E-state index contributed by atoms with van der Waals surface area (Å²) in [5.41, 5.74) is 7.02. The van der Waals surface area contributed by atoms with Gasteiger partial charge < -0.3 is 19.9 Å². The molecule has 0 spiro atoms. The fourth-order valence-corrected chi connectivity index (χ4v) is 1.77. The fraction of sp³-hybridized carbons (Fsp3) is 0.583. The van der Waals surface area contributed by atoms with Gasteiger partial charge in [0, 0.05) is 18.7 Å². The van der Waals surface area contributed by atoms with Crippen molar-refractivity contribution in [3.05, 3.63) is 24.0 Å². The van der Waals surface area contributed by atoms with Crippen LogP contribution in [0.5, 0.6) is 5.75 Å². The van der Waals surface area contributed by atoms with E-state index in [9.17, 15) is 0 Å². The van der Waals surface area contributed by atoms with Gasteiger partial charge in [-0.25, -0.2) is 0 Å². The van der Waals surface area contributed by atoms with Gasteiger partial charge in [-0.2, -0.15) is 0 Å². The number of rotatable bonds is 5. The normalized spacial score (nSPS) is 18.2. The fourth-order valence-electron chi connectivity index (χ4n) is 1.77. The number of hydrogen-bond acceptors (Lipinski definition) is 5. The molecule has 1 fully saturated rings. The van der Waals surface area contributed by atoms with Crippen LogP contribution >= 0.6 is 0 Å². The molecular weight excluding hydrogens is 220 g/mol. The minimum atomic E-state index is -0.194. The topological polar surface area (TPSA) is 66.6 Å². The molecule has 1 aliphatic rings.